The molecule has 0 N–H and O–H groups in total. The van der Waals surface area contributed by atoms with E-state index >= 15 is 0 Å². The number of rotatable bonds is 0. The zero-order valence-corrected chi connectivity index (χ0v) is 9.08. The first-order chi connectivity index (χ1) is 0. The predicted molar refractivity (Wildman–Crippen MR) is 2.06 cm³/mol. The van der Waals surface area contributed by atoms with Gasteiger partial charge < -0.3 is 16.4 Å². The average molecular weight is 480 g/mol. The van der Waals surface area contributed by atoms with E-state index in [1.54, 1.807) is 0 Å². The molecule has 0 rings (SSSR count). The molecule has 0 fully saturated rings. The summed E-state index contributed by atoms with van der Waals surface area (Å²) >= 11 is 0. The number of hydrogen-bond acceptors (Lipinski definition) is 0. The molecule has 0 aliphatic heterocycles. The SMILES string of the molecule is [Gd+3].[Gd+3].[Ni].[Ni].[O-2].[O-2].[O-2]. The second-order valence-electron chi connectivity index (χ2n) is 0. The molecule has 0 aliphatic carbocycles. The third-order valence-electron chi connectivity index (χ3n) is 0. The van der Waals surface area contributed by atoms with E-state index in [4.69, 9.17) is 0 Å². The molecule has 0 aromatic heterocycles. The van der Waals surface area contributed by atoms with Gasteiger partial charge in [-0.25, -0.2) is 0 Å². The second-order valence-corrected chi connectivity index (χ2v) is 0. The van der Waals surface area contributed by atoms with Gasteiger partial charge in [-0.3, -0.25) is 0 Å². The largest absolute Gasteiger partial charge is 3.00 e. The summed E-state index contributed by atoms with van der Waals surface area (Å²) in [5.41, 5.74) is 0. The fourth-order valence-electron chi connectivity index (χ4n) is 0. The third-order valence-corrected chi connectivity index (χ3v) is 0. The van der Waals surface area contributed by atoms with E-state index in [1.807, 2.05) is 0 Å². The summed E-state index contributed by atoms with van der Waals surface area (Å²) in [5.74, 6) is 0. The molecule has 54 valence electrons. The Morgan fingerprint density at radius 3 is 0.429 bits per heavy atom. The predicted octanol–water partition coefficient (Wildman–Crippen LogP) is -0.361. The molecule has 0 spiro atoms. The van der Waals surface area contributed by atoms with Crippen molar-refractivity contribution in [3.8, 4) is 0 Å². The zero-order chi connectivity index (χ0) is 0. The molecule has 0 aromatic rings. The van der Waals surface area contributed by atoms with Crippen LogP contribution in [-0.2, 0) is 49.4 Å². The van der Waals surface area contributed by atoms with Crippen LogP contribution in [0.15, 0.2) is 0 Å². The van der Waals surface area contributed by atoms with Crippen molar-refractivity contribution in [2.45, 2.75) is 0 Å². The van der Waals surface area contributed by atoms with E-state index in [1.165, 1.54) is 0 Å². The van der Waals surface area contributed by atoms with Gasteiger partial charge in [0.25, 0.3) is 0 Å². The molecule has 0 aliphatic rings. The molecule has 0 heterocycles. The Hall–Kier alpha value is 3.52. The summed E-state index contributed by atoms with van der Waals surface area (Å²) < 4.78 is 0. The van der Waals surface area contributed by atoms with E-state index in [0.29, 0.717) is 0 Å². The molecule has 7 heteroatoms. The Morgan fingerprint density at radius 2 is 0.429 bits per heavy atom. The van der Waals surface area contributed by atoms with Crippen LogP contribution in [0.2, 0.25) is 0 Å². The van der Waals surface area contributed by atoms with Gasteiger partial charge in [-0.2, -0.15) is 0 Å². The van der Waals surface area contributed by atoms with Crippen molar-refractivity contribution in [1.29, 1.82) is 0 Å². The average Bonchev–Trinajstić information content (AvgIpc) is 0. The topological polar surface area (TPSA) is 85.5 Å². The van der Waals surface area contributed by atoms with Crippen molar-refractivity contribution in [3.05, 3.63) is 0 Å². The first kappa shape index (κ1) is 77.0. The van der Waals surface area contributed by atoms with Gasteiger partial charge in [0.05, 0.1) is 0 Å². The van der Waals surface area contributed by atoms with Crippen LogP contribution in [0.25, 0.3) is 0 Å². The van der Waals surface area contributed by atoms with Gasteiger partial charge >= 0.3 is 79.9 Å². The first-order valence-corrected chi connectivity index (χ1v) is 0. The monoisotopic (exact) mass is 480 g/mol. The van der Waals surface area contributed by atoms with Crippen molar-refractivity contribution in [2.75, 3.05) is 0 Å². The van der Waals surface area contributed by atoms with E-state index < -0.39 is 0 Å². The molecule has 0 atom stereocenters. The van der Waals surface area contributed by atoms with Crippen LogP contribution in [0.5, 0.6) is 0 Å². The van der Waals surface area contributed by atoms with E-state index in [0.717, 1.165) is 0 Å². The molecule has 3 nitrogen and oxygen atoms in total. The van der Waals surface area contributed by atoms with Crippen LogP contribution >= 0.6 is 0 Å². The molecule has 0 aromatic carbocycles. The summed E-state index contributed by atoms with van der Waals surface area (Å²) in [6.45, 7) is 0. The molecule has 0 unspecified atom stereocenters. The fourth-order valence-corrected chi connectivity index (χ4v) is 0. The Kier molecular flexibility index (Phi) is 614. The minimum Gasteiger partial charge on any atom is -2.00 e. The Morgan fingerprint density at radius 1 is 0.429 bits per heavy atom. The van der Waals surface area contributed by atoms with Crippen LogP contribution in [0, 0.1) is 79.9 Å². The van der Waals surface area contributed by atoms with Gasteiger partial charge in [-0.1, -0.05) is 0 Å². The maximum absolute atomic E-state index is 0. The van der Waals surface area contributed by atoms with Crippen LogP contribution in [0.4, 0.5) is 0 Å². The minimum atomic E-state index is 0. The van der Waals surface area contributed by atoms with Crippen molar-refractivity contribution < 1.29 is 129 Å². The Balaban J connectivity index is 0. The van der Waals surface area contributed by atoms with Crippen LogP contribution in [-0.4, -0.2) is 0 Å². The smallest absolute Gasteiger partial charge is 2.00 e. The maximum Gasteiger partial charge on any atom is 3.00 e. The van der Waals surface area contributed by atoms with E-state index in [2.05, 4.69) is 0 Å². The molecule has 0 amide bonds. The van der Waals surface area contributed by atoms with Crippen LogP contribution < -0.4 is 0 Å². The quantitative estimate of drug-likeness (QED) is 0.425. The summed E-state index contributed by atoms with van der Waals surface area (Å²) in [6, 6.07) is 0. The zero-order valence-electron chi connectivity index (χ0n) is 2.56. The molecular weight excluding hydrogens is 480 g/mol. The van der Waals surface area contributed by atoms with E-state index in [-0.39, 0.29) is 129 Å². The minimum absolute atomic E-state index is 0. The Labute approximate surface area is 126 Å². The summed E-state index contributed by atoms with van der Waals surface area (Å²) in [4.78, 5) is 0. The Bertz CT molecular complexity index is 10.9. The molecule has 2 radical (unpaired) electrons. The van der Waals surface area contributed by atoms with Crippen molar-refractivity contribution >= 4 is 0 Å². The maximum atomic E-state index is 0. The van der Waals surface area contributed by atoms with Gasteiger partial charge in [-0.15, -0.1) is 0 Å². The van der Waals surface area contributed by atoms with E-state index in [9.17, 15) is 0 Å². The molecule has 0 bridgehead atoms. The van der Waals surface area contributed by atoms with Gasteiger partial charge in [0.15, 0.2) is 0 Å². The van der Waals surface area contributed by atoms with Gasteiger partial charge in [-0.05, 0) is 0 Å². The second kappa shape index (κ2) is 55.8. The van der Waals surface area contributed by atoms with Crippen molar-refractivity contribution in [2.24, 2.45) is 0 Å². The van der Waals surface area contributed by atoms with Crippen LogP contribution in [0.3, 0.4) is 0 Å². The van der Waals surface area contributed by atoms with Gasteiger partial charge in [0.1, 0.15) is 0 Å². The normalized spacial score (nSPS) is 0. The standard InChI is InChI=1S/2Gd.2Ni.3O/q2*+3;;;3*-2. The molecule has 0 saturated carbocycles. The first-order valence-electron chi connectivity index (χ1n) is 0. The number of hydrogen-bond donors (Lipinski definition) is 0. The molecular formula is Gd2Ni2O3. The summed E-state index contributed by atoms with van der Waals surface area (Å²) in [6.07, 6.45) is 0. The van der Waals surface area contributed by atoms with Crippen molar-refractivity contribution in [3.63, 3.8) is 0 Å². The summed E-state index contributed by atoms with van der Waals surface area (Å²) in [5, 5.41) is 0. The van der Waals surface area contributed by atoms with Gasteiger partial charge in [0, 0.05) is 33.0 Å². The third kappa shape index (κ3) is 43.5. The van der Waals surface area contributed by atoms with Gasteiger partial charge in [0.2, 0.25) is 0 Å². The fraction of sp³-hybridized carbons (Fsp3) is 0. The van der Waals surface area contributed by atoms with Crippen molar-refractivity contribution in [1.82, 2.24) is 0 Å². The molecule has 7 heavy (non-hydrogen) atoms. The molecule has 0 saturated heterocycles. The summed E-state index contributed by atoms with van der Waals surface area (Å²) in [7, 11) is 0. The van der Waals surface area contributed by atoms with Crippen LogP contribution in [0.1, 0.15) is 0 Å².